The number of aryl methyl sites for hydroxylation is 1. The molecule has 1 fully saturated rings. The number of hydrogen-bond donors (Lipinski definition) is 2. The summed E-state index contributed by atoms with van der Waals surface area (Å²) in [6, 6.07) is 17.7. The third-order valence-electron chi connectivity index (χ3n) is 4.99. The summed E-state index contributed by atoms with van der Waals surface area (Å²) in [4.78, 5) is 26.3. The SMILES string of the molecule is Cc1cccc(NC(=O)C(=O)NCCCCN2CCO[C@H](c3ccccc3)C2)c1. The zero-order valence-electron chi connectivity index (χ0n) is 16.9. The molecule has 3 rings (SSSR count). The highest BCUT2D eigenvalue weighted by atomic mass is 16.5. The van der Waals surface area contributed by atoms with Crippen LogP contribution in [-0.4, -0.2) is 49.5 Å². The molecule has 1 saturated heterocycles. The van der Waals surface area contributed by atoms with Crippen molar-refractivity contribution in [3.05, 3.63) is 65.7 Å². The van der Waals surface area contributed by atoms with E-state index in [4.69, 9.17) is 4.74 Å². The number of amides is 2. The Labute approximate surface area is 172 Å². The van der Waals surface area contributed by atoms with Crippen LogP contribution in [0.1, 0.15) is 30.1 Å². The summed E-state index contributed by atoms with van der Waals surface area (Å²) < 4.78 is 5.89. The maximum Gasteiger partial charge on any atom is 0.313 e. The largest absolute Gasteiger partial charge is 0.371 e. The second-order valence-corrected chi connectivity index (χ2v) is 7.36. The lowest BCUT2D eigenvalue weighted by molar-refractivity contribution is -0.136. The number of benzene rings is 2. The highest BCUT2D eigenvalue weighted by Gasteiger charge is 2.21. The summed E-state index contributed by atoms with van der Waals surface area (Å²) in [7, 11) is 0. The van der Waals surface area contributed by atoms with Gasteiger partial charge in [-0.25, -0.2) is 0 Å². The van der Waals surface area contributed by atoms with Gasteiger partial charge in [-0.05, 0) is 49.6 Å². The number of anilines is 1. The molecule has 2 aromatic rings. The van der Waals surface area contributed by atoms with Crippen molar-refractivity contribution in [2.75, 3.05) is 38.1 Å². The molecule has 6 heteroatoms. The van der Waals surface area contributed by atoms with Crippen LogP contribution in [0.2, 0.25) is 0 Å². The van der Waals surface area contributed by atoms with Gasteiger partial charge in [0.25, 0.3) is 0 Å². The molecule has 2 N–H and O–H groups in total. The van der Waals surface area contributed by atoms with Gasteiger partial charge in [-0.1, -0.05) is 42.5 Å². The van der Waals surface area contributed by atoms with Gasteiger partial charge < -0.3 is 15.4 Å². The first-order valence-corrected chi connectivity index (χ1v) is 10.2. The first-order valence-electron chi connectivity index (χ1n) is 10.2. The van der Waals surface area contributed by atoms with Gasteiger partial charge >= 0.3 is 11.8 Å². The van der Waals surface area contributed by atoms with Crippen molar-refractivity contribution in [3.8, 4) is 0 Å². The number of nitrogens with one attached hydrogen (secondary N) is 2. The molecule has 1 aliphatic rings. The minimum Gasteiger partial charge on any atom is -0.371 e. The third-order valence-corrected chi connectivity index (χ3v) is 4.99. The molecule has 0 unspecified atom stereocenters. The van der Waals surface area contributed by atoms with Crippen LogP contribution in [0.4, 0.5) is 5.69 Å². The number of nitrogens with zero attached hydrogens (tertiary/aromatic N) is 1. The average Bonchev–Trinajstić information content (AvgIpc) is 2.74. The number of unbranched alkanes of at least 4 members (excludes halogenated alkanes) is 1. The Morgan fingerprint density at radius 2 is 1.90 bits per heavy atom. The van der Waals surface area contributed by atoms with E-state index in [1.807, 2.05) is 43.3 Å². The van der Waals surface area contributed by atoms with Crippen molar-refractivity contribution in [2.24, 2.45) is 0 Å². The lowest BCUT2D eigenvalue weighted by Crippen LogP contribution is -2.39. The van der Waals surface area contributed by atoms with Gasteiger partial charge in [0.2, 0.25) is 0 Å². The van der Waals surface area contributed by atoms with Gasteiger partial charge in [0.05, 0.1) is 12.7 Å². The smallest absolute Gasteiger partial charge is 0.313 e. The molecular formula is C23H29N3O3. The van der Waals surface area contributed by atoms with E-state index in [0.29, 0.717) is 12.2 Å². The zero-order chi connectivity index (χ0) is 20.5. The molecule has 0 saturated carbocycles. The van der Waals surface area contributed by atoms with Gasteiger partial charge in [-0.3, -0.25) is 14.5 Å². The Kier molecular flexibility index (Phi) is 7.78. The van der Waals surface area contributed by atoms with Crippen molar-refractivity contribution in [1.29, 1.82) is 0 Å². The molecule has 6 nitrogen and oxygen atoms in total. The summed E-state index contributed by atoms with van der Waals surface area (Å²) >= 11 is 0. The minimum absolute atomic E-state index is 0.120. The molecule has 1 heterocycles. The summed E-state index contributed by atoms with van der Waals surface area (Å²) in [5.74, 6) is -1.23. The van der Waals surface area contributed by atoms with E-state index in [0.717, 1.165) is 44.6 Å². The fourth-order valence-corrected chi connectivity index (χ4v) is 3.43. The Bertz CT molecular complexity index is 810. The molecular weight excluding hydrogens is 366 g/mol. The molecule has 2 amide bonds. The van der Waals surface area contributed by atoms with Crippen LogP contribution in [0.3, 0.4) is 0 Å². The Morgan fingerprint density at radius 1 is 1.07 bits per heavy atom. The molecule has 0 bridgehead atoms. The number of ether oxygens (including phenoxy) is 1. The van der Waals surface area contributed by atoms with Gasteiger partial charge in [0.1, 0.15) is 0 Å². The quantitative estimate of drug-likeness (QED) is 0.559. The number of carbonyl (C=O) groups excluding carboxylic acids is 2. The van der Waals surface area contributed by atoms with Crippen molar-refractivity contribution >= 4 is 17.5 Å². The maximum atomic E-state index is 12.0. The average molecular weight is 396 g/mol. The molecule has 29 heavy (non-hydrogen) atoms. The van der Waals surface area contributed by atoms with Crippen LogP contribution in [0.15, 0.2) is 54.6 Å². The van der Waals surface area contributed by atoms with E-state index < -0.39 is 11.8 Å². The van der Waals surface area contributed by atoms with E-state index in [1.165, 1.54) is 5.56 Å². The standard InChI is InChI=1S/C23H29N3O3/c1-18-8-7-11-20(16-18)25-23(28)22(27)24-12-5-6-13-26-14-15-29-21(17-26)19-9-3-2-4-10-19/h2-4,7-11,16,21H,5-6,12-15,17H2,1H3,(H,24,27)(H,25,28)/t21-/m0/s1. The fraction of sp³-hybridized carbons (Fsp3) is 0.391. The molecule has 0 spiro atoms. The van der Waals surface area contributed by atoms with E-state index in [-0.39, 0.29) is 6.10 Å². The molecule has 154 valence electrons. The maximum absolute atomic E-state index is 12.0. The van der Waals surface area contributed by atoms with E-state index in [1.54, 1.807) is 6.07 Å². The normalized spacial score (nSPS) is 16.9. The van der Waals surface area contributed by atoms with Crippen LogP contribution >= 0.6 is 0 Å². The lowest BCUT2D eigenvalue weighted by Gasteiger charge is -2.33. The van der Waals surface area contributed by atoms with Crippen molar-refractivity contribution in [2.45, 2.75) is 25.9 Å². The highest BCUT2D eigenvalue weighted by Crippen LogP contribution is 2.21. The fourth-order valence-electron chi connectivity index (χ4n) is 3.43. The van der Waals surface area contributed by atoms with Gasteiger partial charge in [0, 0.05) is 25.3 Å². The van der Waals surface area contributed by atoms with Crippen LogP contribution in [-0.2, 0) is 14.3 Å². The van der Waals surface area contributed by atoms with Crippen molar-refractivity contribution in [3.63, 3.8) is 0 Å². The molecule has 0 radical (unpaired) electrons. The van der Waals surface area contributed by atoms with Gasteiger partial charge in [0.15, 0.2) is 0 Å². The number of rotatable bonds is 7. The Hall–Kier alpha value is -2.70. The predicted octanol–water partition coefficient (Wildman–Crippen LogP) is 2.90. The van der Waals surface area contributed by atoms with Crippen molar-refractivity contribution in [1.82, 2.24) is 10.2 Å². The second-order valence-electron chi connectivity index (χ2n) is 7.36. The van der Waals surface area contributed by atoms with Gasteiger partial charge in [-0.15, -0.1) is 0 Å². The summed E-state index contributed by atoms with van der Waals surface area (Å²) in [5, 5.41) is 5.32. The van der Waals surface area contributed by atoms with Crippen LogP contribution in [0.25, 0.3) is 0 Å². The van der Waals surface area contributed by atoms with E-state index in [9.17, 15) is 9.59 Å². The first-order chi connectivity index (χ1) is 14.1. The van der Waals surface area contributed by atoms with Crippen LogP contribution in [0, 0.1) is 6.92 Å². The molecule has 1 atom stereocenters. The summed E-state index contributed by atoms with van der Waals surface area (Å²) in [5.41, 5.74) is 2.87. The third kappa shape index (κ3) is 6.69. The van der Waals surface area contributed by atoms with Crippen LogP contribution in [0.5, 0.6) is 0 Å². The molecule has 2 aromatic carbocycles. The first kappa shape index (κ1) is 21.0. The molecule has 1 aliphatic heterocycles. The molecule has 0 aliphatic carbocycles. The minimum atomic E-state index is -0.630. The predicted molar refractivity (Wildman–Crippen MR) is 114 cm³/mol. The van der Waals surface area contributed by atoms with E-state index in [2.05, 4.69) is 27.7 Å². The van der Waals surface area contributed by atoms with Crippen molar-refractivity contribution < 1.29 is 14.3 Å². The summed E-state index contributed by atoms with van der Waals surface area (Å²) in [6.45, 7) is 5.93. The van der Waals surface area contributed by atoms with Gasteiger partial charge in [-0.2, -0.15) is 0 Å². The topological polar surface area (TPSA) is 70.7 Å². The lowest BCUT2D eigenvalue weighted by atomic mass is 10.1. The van der Waals surface area contributed by atoms with E-state index >= 15 is 0 Å². The number of carbonyl (C=O) groups is 2. The summed E-state index contributed by atoms with van der Waals surface area (Å²) in [6.07, 6.45) is 1.91. The Balaban J connectivity index is 1.32. The molecule has 0 aromatic heterocycles. The monoisotopic (exact) mass is 395 g/mol. The number of hydrogen-bond acceptors (Lipinski definition) is 4. The van der Waals surface area contributed by atoms with Crippen LogP contribution < -0.4 is 10.6 Å². The highest BCUT2D eigenvalue weighted by molar-refractivity contribution is 6.39. The zero-order valence-corrected chi connectivity index (χ0v) is 16.9. The number of morpholine rings is 1. The Morgan fingerprint density at radius 3 is 2.69 bits per heavy atom. The second kappa shape index (κ2) is 10.7.